The molecule has 25 nitrogen and oxygen atoms in total. The normalized spacial score (nSPS) is 16.6. The fourth-order valence-corrected chi connectivity index (χ4v) is 10.1. The molecule has 0 unspecified atom stereocenters. The Morgan fingerprint density at radius 3 is 1.94 bits per heavy atom. The number of nitrogens with two attached hydrogens (primary N) is 3. The number of hydrogen-bond donors (Lipinski definition) is 14. The number of anilines is 1. The van der Waals surface area contributed by atoms with E-state index >= 15 is 0 Å². The molecule has 2 heterocycles. The van der Waals surface area contributed by atoms with Crippen molar-refractivity contribution < 1.29 is 53.7 Å². The highest BCUT2D eigenvalue weighted by Gasteiger charge is 2.41. The summed E-state index contributed by atoms with van der Waals surface area (Å²) in [7, 11) is 0. The highest BCUT2D eigenvalue weighted by Crippen LogP contribution is 2.23. The van der Waals surface area contributed by atoms with Crippen LogP contribution in [0.1, 0.15) is 90.0 Å². The van der Waals surface area contributed by atoms with Crippen LogP contribution < -0.4 is 59.3 Å². The van der Waals surface area contributed by atoms with Crippen LogP contribution in [-0.2, 0) is 57.6 Å². The summed E-state index contributed by atoms with van der Waals surface area (Å²) in [5.74, 6) is -6.74. The lowest BCUT2D eigenvalue weighted by Gasteiger charge is -2.36. The maximum Gasteiger partial charge on any atom is 0.326 e. The fraction of sp³-hybridized carbons (Fsp3) is 0.582. The molecule has 1 saturated heterocycles. The highest BCUT2D eigenvalue weighted by atomic mass is 35.5. The topological polar surface area (TPSA) is 395 Å². The van der Waals surface area contributed by atoms with E-state index in [2.05, 4.69) is 47.2 Å². The van der Waals surface area contributed by atoms with Crippen LogP contribution in [0.5, 0.6) is 5.75 Å². The molecular formula is C55H84Cl2N14O11. The number of nitrogens with zero attached hydrogens (tertiary/aromatic N) is 3. The van der Waals surface area contributed by atoms with Gasteiger partial charge >= 0.3 is 11.9 Å². The number of aliphatic carboxylic acids is 2. The van der Waals surface area contributed by atoms with E-state index in [9.17, 15) is 53.7 Å². The van der Waals surface area contributed by atoms with Gasteiger partial charge in [-0.25, -0.2) is 9.78 Å². The van der Waals surface area contributed by atoms with Crippen molar-refractivity contribution in [2.45, 2.75) is 153 Å². The third-order valence-corrected chi connectivity index (χ3v) is 14.8. The molecule has 0 aliphatic carbocycles. The molecule has 1 aromatic heterocycles. The Balaban J connectivity index is 1.58. The lowest BCUT2D eigenvalue weighted by Crippen LogP contribution is -2.62. The molecule has 4 rings (SSSR count). The maximum atomic E-state index is 14.9. The van der Waals surface area contributed by atoms with E-state index in [4.69, 9.17) is 40.4 Å². The molecule has 6 amide bonds. The van der Waals surface area contributed by atoms with E-state index in [0.29, 0.717) is 54.5 Å². The van der Waals surface area contributed by atoms with E-state index in [1.807, 2.05) is 30.9 Å². The number of imidazole rings is 1. The quantitative estimate of drug-likeness (QED) is 0.0212. The molecule has 1 fully saturated rings. The summed E-state index contributed by atoms with van der Waals surface area (Å²) >= 11 is 12.0. The summed E-state index contributed by atoms with van der Waals surface area (Å²) in [5, 5.41) is 49.7. The first-order valence-corrected chi connectivity index (χ1v) is 28.8. The molecule has 2 aromatic carbocycles. The predicted octanol–water partition coefficient (Wildman–Crippen LogP) is 0.348. The van der Waals surface area contributed by atoms with Crippen molar-refractivity contribution in [2.75, 3.05) is 42.8 Å². The molecule has 1 aliphatic heterocycles. The number of aromatic hydroxyl groups is 1. The number of phenolic OH excluding ortho intramolecular Hbond substituents is 1. The SMILES string of the molecule is CC[C@H](C)[C@@H](NC(=O)[C@H](Cc1ccc(O)cc1)NC(=O)[C@@H](NC(=O)[C@H](CCCNC(N)N)NC(=O)[C@@H](N)CC(=O)O)C(C)C)[C@@H](C)N[C@@H](Cc1cnc[nH]1)C(=O)N1CCC[C@@H]1C(=O)N[C@@H](Cc1ccc(N(CCCl)CCCl)cc1)C(=O)O. The average Bonchev–Trinajstić information content (AvgIpc) is 4.21. The number of H-pyrrole nitrogens is 1. The highest BCUT2D eigenvalue weighted by molar-refractivity contribution is 6.18. The number of carbonyl (C=O) groups excluding carboxylic acids is 6. The molecule has 10 atom stereocenters. The number of phenols is 1. The Kier molecular flexibility index (Phi) is 28.2. The summed E-state index contributed by atoms with van der Waals surface area (Å²) in [5.41, 5.74) is 19.7. The fourth-order valence-electron chi connectivity index (χ4n) is 9.69. The first-order chi connectivity index (χ1) is 39.0. The molecule has 0 bridgehead atoms. The summed E-state index contributed by atoms with van der Waals surface area (Å²) in [6.45, 7) is 10.6. The molecular weight excluding hydrogens is 1100 g/mol. The van der Waals surface area contributed by atoms with Gasteiger partial charge in [-0.3, -0.25) is 38.9 Å². The number of carboxylic acid groups (broad SMARTS) is 2. The Bertz CT molecular complexity index is 2520. The second kappa shape index (κ2) is 34.1. The molecule has 17 N–H and O–H groups in total. The van der Waals surface area contributed by atoms with Gasteiger partial charge in [-0.2, -0.15) is 0 Å². The van der Waals surface area contributed by atoms with Gasteiger partial charge in [0.25, 0.3) is 0 Å². The number of aromatic nitrogens is 2. The van der Waals surface area contributed by atoms with Crippen molar-refractivity contribution >= 4 is 76.3 Å². The number of benzene rings is 2. The first-order valence-electron chi connectivity index (χ1n) is 27.7. The number of likely N-dealkylation sites (tertiary alicyclic amines) is 1. The Hall–Kier alpha value is -6.61. The van der Waals surface area contributed by atoms with Crippen LogP contribution in [0, 0.1) is 11.8 Å². The van der Waals surface area contributed by atoms with Crippen molar-refractivity contribution in [2.24, 2.45) is 29.0 Å². The van der Waals surface area contributed by atoms with Crippen molar-refractivity contribution in [3.63, 3.8) is 0 Å². The van der Waals surface area contributed by atoms with Crippen LogP contribution >= 0.6 is 23.2 Å². The predicted molar refractivity (Wildman–Crippen MR) is 310 cm³/mol. The van der Waals surface area contributed by atoms with E-state index in [1.165, 1.54) is 23.4 Å². The molecule has 1 aliphatic rings. The van der Waals surface area contributed by atoms with Crippen molar-refractivity contribution in [1.82, 2.24) is 52.1 Å². The van der Waals surface area contributed by atoms with Crippen LogP contribution in [-0.4, -0.2) is 176 Å². The third kappa shape index (κ3) is 21.6. The van der Waals surface area contributed by atoms with Gasteiger partial charge in [0.05, 0.1) is 24.8 Å². The minimum atomic E-state index is -1.48. The number of carbonyl (C=O) groups is 8. The molecule has 0 saturated carbocycles. The number of rotatable bonds is 36. The number of hydrogen-bond acceptors (Lipinski definition) is 16. The summed E-state index contributed by atoms with van der Waals surface area (Å²) in [6, 6.07) is 3.38. The zero-order valence-electron chi connectivity index (χ0n) is 47.2. The van der Waals surface area contributed by atoms with E-state index in [-0.39, 0.29) is 63.3 Å². The average molecular weight is 1190 g/mol. The Morgan fingerprint density at radius 2 is 1.38 bits per heavy atom. The lowest BCUT2D eigenvalue weighted by atomic mass is 9.91. The second-order valence-electron chi connectivity index (χ2n) is 21.1. The second-order valence-corrected chi connectivity index (χ2v) is 21.8. The van der Waals surface area contributed by atoms with Gasteiger partial charge in [0.15, 0.2) is 0 Å². The number of carboxylic acids is 2. The van der Waals surface area contributed by atoms with Gasteiger partial charge in [0.2, 0.25) is 35.4 Å². The van der Waals surface area contributed by atoms with E-state index < -0.39 is 120 Å². The van der Waals surface area contributed by atoms with Gasteiger partial charge in [0, 0.05) is 80.3 Å². The summed E-state index contributed by atoms with van der Waals surface area (Å²) in [4.78, 5) is 120. The standard InChI is InChI=1S/C55H84Cl2N14O11/c1-6-32(4)47(69-50(77)41(25-35-13-17-38(72)18-14-35)66-52(79)46(31(2)3)68-49(76)40(9-7-21-62-55(59)60)65-48(75)39(58)28-45(73)74)33(5)64-42(27-36-29-61-30-63-36)53(80)71-22-8-10-44(71)51(78)67-43(54(81)82)26-34-11-15-37(16-12-34)70(23-19-56)24-20-57/h11-18,29-33,39-44,46-47,55,62,64,72H,6-10,19-28,58-60H2,1-5H3,(H,61,63)(H,65,75)(H,66,79)(H,67,78)(H,68,76)(H,69,77)(H,73,74)(H,81,82)/t32-,33+,39-,40-,41-,42-,43-,44+,46-,47+/m0/s1. The van der Waals surface area contributed by atoms with Crippen LogP contribution in [0.4, 0.5) is 5.69 Å². The number of aromatic amines is 1. The van der Waals surface area contributed by atoms with Crippen molar-refractivity contribution in [1.29, 1.82) is 0 Å². The molecule has 0 spiro atoms. The first kappa shape index (κ1) is 67.9. The summed E-state index contributed by atoms with van der Waals surface area (Å²) in [6.07, 6.45) is 3.07. The van der Waals surface area contributed by atoms with E-state index in [1.54, 1.807) is 51.2 Å². The maximum absolute atomic E-state index is 14.9. The van der Waals surface area contributed by atoms with E-state index in [0.717, 1.165) is 5.69 Å². The molecule has 3 aromatic rings. The van der Waals surface area contributed by atoms with Gasteiger partial charge < -0.3 is 79.2 Å². The number of alkyl halides is 2. The monoisotopic (exact) mass is 1190 g/mol. The summed E-state index contributed by atoms with van der Waals surface area (Å²) < 4.78 is 0. The number of halogens is 2. The zero-order chi connectivity index (χ0) is 60.6. The molecule has 27 heteroatoms. The molecule has 0 radical (unpaired) electrons. The number of amides is 6. The molecule has 454 valence electrons. The smallest absolute Gasteiger partial charge is 0.326 e. The van der Waals surface area contributed by atoms with Crippen LogP contribution in [0.2, 0.25) is 0 Å². The lowest BCUT2D eigenvalue weighted by molar-refractivity contribution is -0.144. The largest absolute Gasteiger partial charge is 0.508 e. The van der Waals surface area contributed by atoms with Gasteiger partial charge in [-0.05, 0) is 86.4 Å². The zero-order valence-corrected chi connectivity index (χ0v) is 48.8. The minimum Gasteiger partial charge on any atom is -0.508 e. The third-order valence-electron chi connectivity index (χ3n) is 14.4. The molecule has 82 heavy (non-hydrogen) atoms. The van der Waals surface area contributed by atoms with Gasteiger partial charge in [-0.1, -0.05) is 58.4 Å². The Morgan fingerprint density at radius 1 is 0.768 bits per heavy atom. The van der Waals surface area contributed by atoms with Crippen molar-refractivity contribution in [3.05, 3.63) is 77.9 Å². The minimum absolute atomic E-state index is 0.0108. The van der Waals surface area contributed by atoms with Crippen LogP contribution in [0.3, 0.4) is 0 Å². The van der Waals surface area contributed by atoms with Gasteiger partial charge in [0.1, 0.15) is 42.2 Å². The van der Waals surface area contributed by atoms with Gasteiger partial charge in [-0.15, -0.1) is 23.2 Å². The van der Waals surface area contributed by atoms with Crippen LogP contribution in [0.15, 0.2) is 61.1 Å². The van der Waals surface area contributed by atoms with Crippen molar-refractivity contribution in [3.8, 4) is 5.75 Å². The van der Waals surface area contributed by atoms with Crippen LogP contribution in [0.25, 0.3) is 0 Å². The Labute approximate surface area is 488 Å². The number of nitrogens with one attached hydrogen (secondary N) is 8.